The molecule has 0 aromatic carbocycles. The van der Waals surface area contributed by atoms with Crippen molar-refractivity contribution in [2.45, 2.75) is 62.6 Å². The van der Waals surface area contributed by atoms with E-state index in [1.165, 1.54) is 57.8 Å². The third-order valence-corrected chi connectivity index (χ3v) is 7.05. The molecule has 0 saturated heterocycles. The van der Waals surface area contributed by atoms with Crippen LogP contribution in [0.2, 0.25) is 0 Å². The van der Waals surface area contributed by atoms with Crippen molar-refractivity contribution in [3.63, 3.8) is 0 Å². The van der Waals surface area contributed by atoms with Crippen LogP contribution < -0.4 is 0 Å². The van der Waals surface area contributed by atoms with Crippen LogP contribution in [0.25, 0.3) is 0 Å². The van der Waals surface area contributed by atoms with Crippen LogP contribution in [-0.2, 0) is 0 Å². The quantitative estimate of drug-likeness (QED) is 0.406. The van der Waals surface area contributed by atoms with E-state index in [4.69, 9.17) is 0 Å². The van der Waals surface area contributed by atoms with Crippen molar-refractivity contribution < 1.29 is 0 Å². The molecule has 3 aliphatic rings. The van der Waals surface area contributed by atoms with Gasteiger partial charge in [0.2, 0.25) is 0 Å². The Labute approximate surface area is 138 Å². The van der Waals surface area contributed by atoms with E-state index in [0.29, 0.717) is 5.92 Å². The maximum absolute atomic E-state index is 4.19. The molecule has 0 spiro atoms. The molecule has 3 aliphatic carbocycles. The number of rotatable bonds is 3. The topological polar surface area (TPSA) is 0 Å². The molecule has 0 heterocycles. The summed E-state index contributed by atoms with van der Waals surface area (Å²) in [6.07, 6.45) is 16.9. The Morgan fingerprint density at radius 1 is 1.00 bits per heavy atom. The SMILES string of the molecule is C=CC1=C2CCCCC2CC(C2CCCC(Br)C2)C1C=C. The fourth-order valence-electron chi connectivity index (χ4n) is 5.25. The molecule has 2 saturated carbocycles. The molecule has 5 atom stereocenters. The van der Waals surface area contributed by atoms with Crippen LogP contribution in [0.3, 0.4) is 0 Å². The van der Waals surface area contributed by atoms with Crippen molar-refractivity contribution in [1.29, 1.82) is 0 Å². The van der Waals surface area contributed by atoms with Crippen LogP contribution in [-0.4, -0.2) is 4.83 Å². The molecule has 0 aliphatic heterocycles. The lowest BCUT2D eigenvalue weighted by atomic mass is 9.60. The minimum Gasteiger partial charge on any atom is -0.102 e. The highest BCUT2D eigenvalue weighted by atomic mass is 79.9. The molecule has 116 valence electrons. The zero-order chi connectivity index (χ0) is 14.8. The second-order valence-corrected chi connectivity index (χ2v) is 8.61. The van der Waals surface area contributed by atoms with Crippen LogP contribution in [0.15, 0.2) is 36.5 Å². The van der Waals surface area contributed by atoms with Gasteiger partial charge in [0.15, 0.2) is 0 Å². The van der Waals surface area contributed by atoms with E-state index in [1.807, 2.05) is 0 Å². The summed E-state index contributed by atoms with van der Waals surface area (Å²) in [6.45, 7) is 8.34. The summed E-state index contributed by atoms with van der Waals surface area (Å²) < 4.78 is 0. The Bertz CT molecular complexity index is 433. The Morgan fingerprint density at radius 3 is 2.57 bits per heavy atom. The molecular formula is C20H29Br. The standard InChI is InChI=1S/C20H29Br/c1-3-17-18(4-2)20(14-9-7-10-16(21)12-14)13-15-8-5-6-11-19(15)17/h3-4,14-16,18,20H,1-2,5-13H2. The summed E-state index contributed by atoms with van der Waals surface area (Å²) in [6, 6.07) is 0. The fourth-order valence-corrected chi connectivity index (χ4v) is 6.06. The number of hydrogen-bond donors (Lipinski definition) is 0. The maximum Gasteiger partial charge on any atom is 0.0148 e. The van der Waals surface area contributed by atoms with Gasteiger partial charge in [-0.05, 0) is 61.9 Å². The monoisotopic (exact) mass is 348 g/mol. The molecular weight excluding hydrogens is 320 g/mol. The average molecular weight is 349 g/mol. The van der Waals surface area contributed by atoms with Gasteiger partial charge in [0.05, 0.1) is 0 Å². The summed E-state index contributed by atoms with van der Waals surface area (Å²) >= 11 is 3.88. The molecule has 2 fully saturated rings. The second kappa shape index (κ2) is 6.86. The van der Waals surface area contributed by atoms with Gasteiger partial charge >= 0.3 is 0 Å². The van der Waals surface area contributed by atoms with Crippen molar-refractivity contribution in [3.8, 4) is 0 Å². The van der Waals surface area contributed by atoms with E-state index in [2.05, 4.69) is 41.2 Å². The first-order valence-electron chi connectivity index (χ1n) is 8.86. The molecule has 0 aromatic heterocycles. The summed E-state index contributed by atoms with van der Waals surface area (Å²) in [7, 11) is 0. The molecule has 0 nitrogen and oxygen atoms in total. The van der Waals surface area contributed by atoms with Crippen molar-refractivity contribution >= 4 is 15.9 Å². The van der Waals surface area contributed by atoms with Gasteiger partial charge in [-0.1, -0.05) is 59.5 Å². The first kappa shape index (κ1) is 15.6. The van der Waals surface area contributed by atoms with E-state index in [1.54, 1.807) is 11.1 Å². The summed E-state index contributed by atoms with van der Waals surface area (Å²) in [4.78, 5) is 0.741. The third-order valence-electron chi connectivity index (χ3n) is 6.22. The van der Waals surface area contributed by atoms with E-state index in [9.17, 15) is 0 Å². The van der Waals surface area contributed by atoms with Gasteiger partial charge < -0.3 is 0 Å². The number of fused-ring (bicyclic) bond motifs is 1. The van der Waals surface area contributed by atoms with E-state index in [0.717, 1.165) is 22.6 Å². The van der Waals surface area contributed by atoms with Gasteiger partial charge in [-0.3, -0.25) is 0 Å². The summed E-state index contributed by atoms with van der Waals surface area (Å²) in [5.74, 6) is 3.10. The Balaban J connectivity index is 1.89. The van der Waals surface area contributed by atoms with Gasteiger partial charge in [0.25, 0.3) is 0 Å². The lowest BCUT2D eigenvalue weighted by molar-refractivity contribution is 0.169. The largest absolute Gasteiger partial charge is 0.102 e. The first-order valence-corrected chi connectivity index (χ1v) is 9.78. The highest BCUT2D eigenvalue weighted by Gasteiger charge is 2.39. The highest BCUT2D eigenvalue weighted by molar-refractivity contribution is 9.09. The predicted molar refractivity (Wildman–Crippen MR) is 95.6 cm³/mol. The molecule has 1 heteroatoms. The minimum atomic E-state index is 0.564. The van der Waals surface area contributed by atoms with Crippen molar-refractivity contribution in [2.24, 2.45) is 23.7 Å². The molecule has 21 heavy (non-hydrogen) atoms. The maximum atomic E-state index is 4.19. The van der Waals surface area contributed by atoms with Crippen LogP contribution in [0.1, 0.15) is 57.8 Å². The second-order valence-electron chi connectivity index (χ2n) is 7.31. The first-order chi connectivity index (χ1) is 10.2. The molecule has 0 bridgehead atoms. The smallest absolute Gasteiger partial charge is 0.0148 e. The van der Waals surface area contributed by atoms with Crippen LogP contribution in [0.4, 0.5) is 0 Å². The molecule has 3 rings (SSSR count). The highest BCUT2D eigenvalue weighted by Crippen LogP contribution is 2.50. The number of allylic oxidation sites excluding steroid dienone is 4. The van der Waals surface area contributed by atoms with Gasteiger partial charge in [-0.25, -0.2) is 0 Å². The molecule has 0 radical (unpaired) electrons. The van der Waals surface area contributed by atoms with Crippen LogP contribution in [0.5, 0.6) is 0 Å². The lowest BCUT2D eigenvalue weighted by Gasteiger charge is -2.45. The van der Waals surface area contributed by atoms with Crippen LogP contribution >= 0.6 is 15.9 Å². The molecule has 0 amide bonds. The zero-order valence-corrected chi connectivity index (χ0v) is 14.8. The molecule has 0 aromatic rings. The van der Waals surface area contributed by atoms with E-state index >= 15 is 0 Å². The van der Waals surface area contributed by atoms with Gasteiger partial charge in [-0.2, -0.15) is 0 Å². The minimum absolute atomic E-state index is 0.564. The number of hydrogen-bond acceptors (Lipinski definition) is 0. The third kappa shape index (κ3) is 3.09. The Kier molecular flexibility index (Phi) is 5.09. The summed E-state index contributed by atoms with van der Waals surface area (Å²) in [5, 5.41) is 0. The Hall–Kier alpha value is -0.300. The van der Waals surface area contributed by atoms with Gasteiger partial charge in [0.1, 0.15) is 0 Å². The fraction of sp³-hybridized carbons (Fsp3) is 0.700. The molecule has 0 N–H and O–H groups in total. The van der Waals surface area contributed by atoms with Crippen molar-refractivity contribution in [1.82, 2.24) is 0 Å². The zero-order valence-electron chi connectivity index (χ0n) is 13.2. The number of halogens is 1. The van der Waals surface area contributed by atoms with E-state index in [-0.39, 0.29) is 0 Å². The lowest BCUT2D eigenvalue weighted by Crippen LogP contribution is -2.35. The van der Waals surface area contributed by atoms with Crippen molar-refractivity contribution in [3.05, 3.63) is 36.5 Å². The van der Waals surface area contributed by atoms with Crippen molar-refractivity contribution in [2.75, 3.05) is 0 Å². The normalized spacial score (nSPS) is 40.5. The predicted octanol–water partition coefficient (Wildman–Crippen LogP) is 6.44. The van der Waals surface area contributed by atoms with Crippen LogP contribution in [0, 0.1) is 23.7 Å². The van der Waals surface area contributed by atoms with E-state index < -0.39 is 0 Å². The number of alkyl halides is 1. The summed E-state index contributed by atoms with van der Waals surface area (Å²) in [5.41, 5.74) is 3.30. The Morgan fingerprint density at radius 2 is 1.86 bits per heavy atom. The van der Waals surface area contributed by atoms with Gasteiger partial charge in [0, 0.05) is 10.7 Å². The average Bonchev–Trinajstić information content (AvgIpc) is 2.52. The molecule has 5 unspecified atom stereocenters. The van der Waals surface area contributed by atoms with Gasteiger partial charge in [-0.15, -0.1) is 6.58 Å².